The Hall–Kier alpha value is -3.04. The summed E-state index contributed by atoms with van der Waals surface area (Å²) in [4.78, 5) is 1.84. The van der Waals surface area contributed by atoms with Gasteiger partial charge in [-0.25, -0.2) is 8.42 Å². The molecule has 1 aliphatic rings. The molecule has 0 amide bonds. The maximum atomic E-state index is 14.0. The summed E-state index contributed by atoms with van der Waals surface area (Å²) in [6.45, 7) is 6.82. The van der Waals surface area contributed by atoms with E-state index in [-0.39, 0.29) is 16.2 Å². The maximum absolute atomic E-state index is 14.0. The van der Waals surface area contributed by atoms with Crippen LogP contribution in [0.1, 0.15) is 36.5 Å². The largest absolute Gasteiger partial charge is 0.573 e. The molecule has 3 aromatic rings. The number of nitrogens with one attached hydrogen (secondary N) is 1. The summed E-state index contributed by atoms with van der Waals surface area (Å²) < 4.78 is 71.0. The third-order valence-electron chi connectivity index (χ3n) is 6.22. The molecule has 0 aromatic heterocycles. The van der Waals surface area contributed by atoms with Gasteiger partial charge in [-0.3, -0.25) is 0 Å². The van der Waals surface area contributed by atoms with Crippen molar-refractivity contribution in [2.75, 3.05) is 31.1 Å². The van der Waals surface area contributed by atoms with Crippen LogP contribution in [0.5, 0.6) is 5.75 Å². The van der Waals surface area contributed by atoms with Crippen molar-refractivity contribution in [2.45, 2.75) is 42.3 Å². The minimum atomic E-state index is -4.94. The van der Waals surface area contributed by atoms with Gasteiger partial charge in [-0.15, -0.1) is 13.2 Å². The molecule has 0 radical (unpaired) electrons. The Morgan fingerprint density at radius 2 is 1.61 bits per heavy atom. The molecule has 0 unspecified atom stereocenters. The molecule has 1 heterocycles. The number of ether oxygens (including phenoxy) is 1. The van der Waals surface area contributed by atoms with E-state index in [2.05, 4.69) is 23.9 Å². The zero-order valence-electron chi connectivity index (χ0n) is 20.2. The van der Waals surface area contributed by atoms with Gasteiger partial charge in [0.25, 0.3) is 0 Å². The van der Waals surface area contributed by atoms with Crippen LogP contribution in [0.15, 0.2) is 76.5 Å². The Labute approximate surface area is 209 Å². The van der Waals surface area contributed by atoms with Gasteiger partial charge >= 0.3 is 6.36 Å². The second-order valence-corrected chi connectivity index (χ2v) is 11.0. The number of hydrogen-bond donors (Lipinski definition) is 1. The van der Waals surface area contributed by atoms with E-state index in [1.54, 1.807) is 18.2 Å². The van der Waals surface area contributed by atoms with Crippen LogP contribution in [-0.2, 0) is 16.3 Å². The molecule has 0 spiro atoms. The minimum Gasteiger partial charge on any atom is -0.406 e. The lowest BCUT2D eigenvalue weighted by atomic mass is 9.99. The number of para-hydroxylation sites is 1. The van der Waals surface area contributed by atoms with Gasteiger partial charge in [0.2, 0.25) is 9.84 Å². The fraction of sp³-hybridized carbons (Fsp3) is 0.333. The number of alkyl halides is 3. The number of benzene rings is 3. The lowest BCUT2D eigenvalue weighted by molar-refractivity contribution is -0.274. The lowest BCUT2D eigenvalue weighted by Crippen LogP contribution is -2.44. The molecule has 3 aromatic carbocycles. The first-order chi connectivity index (χ1) is 17.0. The van der Waals surface area contributed by atoms with Gasteiger partial charge < -0.3 is 15.0 Å². The number of rotatable bonds is 7. The monoisotopic (exact) mass is 518 g/mol. The SMILES string of the molecule is CC(C)c1ccc(Cc2ccc(OC(F)(F)F)cc2S(=O)(=O)c2ccccc2N2CCNCC2)cc1. The molecule has 1 fully saturated rings. The summed E-state index contributed by atoms with van der Waals surface area (Å²) in [6, 6.07) is 18.0. The topological polar surface area (TPSA) is 58.6 Å². The average molecular weight is 519 g/mol. The molecule has 36 heavy (non-hydrogen) atoms. The lowest BCUT2D eigenvalue weighted by Gasteiger charge is -2.31. The van der Waals surface area contributed by atoms with E-state index in [9.17, 15) is 21.6 Å². The molecule has 1 aliphatic heterocycles. The molecule has 1 saturated heterocycles. The highest BCUT2D eigenvalue weighted by molar-refractivity contribution is 7.91. The first kappa shape index (κ1) is 26.0. The van der Waals surface area contributed by atoms with Crippen molar-refractivity contribution in [3.8, 4) is 5.75 Å². The fourth-order valence-corrected chi connectivity index (χ4v) is 6.06. The zero-order chi connectivity index (χ0) is 25.9. The third kappa shape index (κ3) is 6.02. The molecule has 0 atom stereocenters. The normalized spacial score (nSPS) is 14.8. The second kappa shape index (κ2) is 10.5. The summed E-state index contributed by atoms with van der Waals surface area (Å²) in [5.74, 6) is -0.227. The van der Waals surface area contributed by atoms with Crippen molar-refractivity contribution in [2.24, 2.45) is 0 Å². The second-order valence-electron chi connectivity index (χ2n) is 9.10. The standard InChI is InChI=1S/C27H29F3N2O3S/c1-19(2)21-9-7-20(8-10-21)17-22-11-12-23(35-27(28,29)30)18-26(22)36(33,34)25-6-4-3-5-24(25)32-15-13-31-14-16-32/h3-12,18-19,31H,13-17H2,1-2H3. The number of nitrogens with zero attached hydrogens (tertiary/aromatic N) is 1. The predicted molar refractivity (Wildman–Crippen MR) is 133 cm³/mol. The van der Waals surface area contributed by atoms with Crippen LogP contribution in [0.3, 0.4) is 0 Å². The van der Waals surface area contributed by atoms with Crippen molar-refractivity contribution in [3.05, 3.63) is 83.4 Å². The molecular formula is C27H29F3N2O3S. The number of halogens is 3. The Morgan fingerprint density at radius 1 is 0.944 bits per heavy atom. The van der Waals surface area contributed by atoms with Crippen LogP contribution in [0.4, 0.5) is 18.9 Å². The zero-order valence-corrected chi connectivity index (χ0v) is 21.0. The Kier molecular flexibility index (Phi) is 7.61. The van der Waals surface area contributed by atoms with Gasteiger partial charge in [0, 0.05) is 26.2 Å². The Balaban J connectivity index is 1.79. The van der Waals surface area contributed by atoms with Gasteiger partial charge in [-0.1, -0.05) is 56.3 Å². The fourth-order valence-electron chi connectivity index (χ4n) is 4.34. The molecule has 0 aliphatic carbocycles. The Morgan fingerprint density at radius 3 is 2.25 bits per heavy atom. The van der Waals surface area contributed by atoms with E-state index in [0.717, 1.165) is 23.3 Å². The quantitative estimate of drug-likeness (QED) is 0.445. The Bertz CT molecular complexity index is 1300. The van der Waals surface area contributed by atoms with Crippen molar-refractivity contribution in [1.29, 1.82) is 0 Å². The van der Waals surface area contributed by atoms with Crippen molar-refractivity contribution < 1.29 is 26.3 Å². The molecular weight excluding hydrogens is 489 g/mol. The van der Waals surface area contributed by atoms with E-state index in [4.69, 9.17) is 0 Å². The summed E-state index contributed by atoms with van der Waals surface area (Å²) >= 11 is 0. The molecule has 5 nitrogen and oxygen atoms in total. The van der Waals surface area contributed by atoms with Gasteiger partial charge in [-0.2, -0.15) is 0 Å². The molecule has 0 saturated carbocycles. The van der Waals surface area contributed by atoms with Crippen LogP contribution >= 0.6 is 0 Å². The molecule has 4 rings (SSSR count). The minimum absolute atomic E-state index is 0.0625. The first-order valence-electron chi connectivity index (χ1n) is 11.8. The van der Waals surface area contributed by atoms with Crippen molar-refractivity contribution >= 4 is 15.5 Å². The smallest absolute Gasteiger partial charge is 0.406 e. The van der Waals surface area contributed by atoms with Gasteiger partial charge in [-0.05, 0) is 53.3 Å². The van der Waals surface area contributed by atoms with Crippen LogP contribution in [-0.4, -0.2) is 41.0 Å². The summed E-state index contributed by atoms with van der Waals surface area (Å²) in [5.41, 5.74) is 2.94. The summed E-state index contributed by atoms with van der Waals surface area (Å²) in [5, 5.41) is 3.24. The van der Waals surface area contributed by atoms with Crippen molar-refractivity contribution in [1.82, 2.24) is 5.32 Å². The highest BCUT2D eigenvalue weighted by atomic mass is 32.2. The van der Waals surface area contributed by atoms with Crippen LogP contribution in [0.25, 0.3) is 0 Å². The van der Waals surface area contributed by atoms with E-state index in [0.29, 0.717) is 43.3 Å². The van der Waals surface area contributed by atoms with E-state index in [1.807, 2.05) is 29.2 Å². The van der Waals surface area contributed by atoms with Gasteiger partial charge in [0.15, 0.2) is 0 Å². The van der Waals surface area contributed by atoms with E-state index >= 15 is 0 Å². The third-order valence-corrected chi connectivity index (χ3v) is 8.10. The molecule has 192 valence electrons. The number of sulfone groups is 1. The van der Waals surface area contributed by atoms with Gasteiger partial charge in [0.05, 0.1) is 15.5 Å². The van der Waals surface area contributed by atoms with Crippen LogP contribution < -0.4 is 15.0 Å². The highest BCUT2D eigenvalue weighted by Gasteiger charge is 2.33. The molecule has 0 bridgehead atoms. The summed E-state index contributed by atoms with van der Waals surface area (Å²) in [6.07, 6.45) is -4.69. The predicted octanol–water partition coefficient (Wildman–Crippen LogP) is 5.54. The number of piperazine rings is 1. The average Bonchev–Trinajstić information content (AvgIpc) is 2.85. The maximum Gasteiger partial charge on any atom is 0.573 e. The van der Waals surface area contributed by atoms with Crippen LogP contribution in [0, 0.1) is 0 Å². The van der Waals surface area contributed by atoms with Crippen LogP contribution in [0.2, 0.25) is 0 Å². The van der Waals surface area contributed by atoms with Gasteiger partial charge in [0.1, 0.15) is 5.75 Å². The first-order valence-corrected chi connectivity index (χ1v) is 13.3. The molecule has 9 heteroatoms. The van der Waals surface area contributed by atoms with E-state index in [1.165, 1.54) is 12.1 Å². The van der Waals surface area contributed by atoms with E-state index < -0.39 is 21.9 Å². The van der Waals surface area contributed by atoms with Crippen molar-refractivity contribution in [3.63, 3.8) is 0 Å². The number of hydrogen-bond acceptors (Lipinski definition) is 5. The highest BCUT2D eigenvalue weighted by Crippen LogP contribution is 2.36. The number of anilines is 1. The molecule has 1 N–H and O–H groups in total. The summed E-state index contributed by atoms with van der Waals surface area (Å²) in [7, 11) is -4.18.